The zero-order valence-corrected chi connectivity index (χ0v) is 14.8. The van der Waals surface area contributed by atoms with Crippen molar-refractivity contribution in [3.05, 3.63) is 64.9 Å². The van der Waals surface area contributed by atoms with Crippen molar-refractivity contribution < 1.29 is 23.5 Å². The molecule has 2 aromatic carbocycles. The number of amides is 3. The molecular formula is C18H17ClFN3O4. The number of benzene rings is 2. The number of urea groups is 1. The van der Waals surface area contributed by atoms with Gasteiger partial charge >= 0.3 is 12.0 Å². The lowest BCUT2D eigenvalue weighted by molar-refractivity contribution is -0.147. The molecule has 0 aliphatic rings. The van der Waals surface area contributed by atoms with Crippen LogP contribution in [0.15, 0.2) is 48.5 Å². The number of anilines is 1. The third-order valence-electron chi connectivity index (χ3n) is 3.44. The van der Waals surface area contributed by atoms with E-state index in [0.29, 0.717) is 10.6 Å². The van der Waals surface area contributed by atoms with Crippen molar-refractivity contribution in [3.8, 4) is 0 Å². The Morgan fingerprint density at radius 3 is 2.56 bits per heavy atom. The normalized spacial score (nSPS) is 11.3. The summed E-state index contributed by atoms with van der Waals surface area (Å²) in [7, 11) is 0. The second kappa shape index (κ2) is 9.54. The average Bonchev–Trinajstić information content (AvgIpc) is 2.59. The van der Waals surface area contributed by atoms with Gasteiger partial charge in [0.05, 0.1) is 12.5 Å². The van der Waals surface area contributed by atoms with E-state index < -0.39 is 36.4 Å². The fourth-order valence-corrected chi connectivity index (χ4v) is 2.57. The third kappa shape index (κ3) is 6.59. The minimum atomic E-state index is -0.837. The molecule has 4 N–H and O–H groups in total. The highest BCUT2D eigenvalue weighted by Gasteiger charge is 2.21. The number of rotatable bonds is 7. The molecule has 0 unspecified atom stereocenters. The van der Waals surface area contributed by atoms with Crippen LogP contribution in [0.1, 0.15) is 18.0 Å². The molecule has 0 aliphatic heterocycles. The first-order valence-corrected chi connectivity index (χ1v) is 8.24. The van der Waals surface area contributed by atoms with Crippen molar-refractivity contribution in [2.75, 3.05) is 11.9 Å². The van der Waals surface area contributed by atoms with Crippen LogP contribution in [-0.4, -0.2) is 24.5 Å². The van der Waals surface area contributed by atoms with E-state index in [9.17, 15) is 18.8 Å². The Balaban J connectivity index is 1.92. The molecule has 0 radical (unpaired) electrons. The largest absolute Gasteiger partial charge is 0.455 e. The number of esters is 1. The van der Waals surface area contributed by atoms with Gasteiger partial charge in [0.25, 0.3) is 5.91 Å². The molecule has 0 fully saturated rings. The van der Waals surface area contributed by atoms with Crippen LogP contribution in [0.4, 0.5) is 14.9 Å². The lowest BCUT2D eigenvalue weighted by Crippen LogP contribution is -2.35. The zero-order valence-electron chi connectivity index (χ0n) is 14.1. The summed E-state index contributed by atoms with van der Waals surface area (Å²) in [6, 6.07) is 10.3. The van der Waals surface area contributed by atoms with E-state index >= 15 is 0 Å². The SMILES string of the molecule is NC(=O)N[C@H](CC(=O)OCC(=O)Nc1cccc(F)c1)c1ccccc1Cl. The van der Waals surface area contributed by atoms with Crippen molar-refractivity contribution >= 4 is 35.2 Å². The molecule has 142 valence electrons. The lowest BCUT2D eigenvalue weighted by Gasteiger charge is -2.18. The van der Waals surface area contributed by atoms with E-state index in [4.69, 9.17) is 22.1 Å². The highest BCUT2D eigenvalue weighted by Crippen LogP contribution is 2.25. The Morgan fingerprint density at radius 1 is 1.15 bits per heavy atom. The molecule has 1 atom stereocenters. The molecule has 0 aromatic heterocycles. The molecule has 7 nitrogen and oxygen atoms in total. The second-order valence-corrected chi connectivity index (χ2v) is 5.91. The number of hydrogen-bond donors (Lipinski definition) is 3. The number of ether oxygens (including phenoxy) is 1. The van der Waals surface area contributed by atoms with E-state index in [2.05, 4.69) is 10.6 Å². The Hall–Kier alpha value is -3.13. The van der Waals surface area contributed by atoms with Crippen molar-refractivity contribution in [2.45, 2.75) is 12.5 Å². The predicted molar refractivity (Wildman–Crippen MR) is 97.5 cm³/mol. The molecule has 0 aliphatic carbocycles. The van der Waals surface area contributed by atoms with Crippen molar-refractivity contribution in [3.63, 3.8) is 0 Å². The van der Waals surface area contributed by atoms with Gasteiger partial charge in [-0.15, -0.1) is 0 Å². The predicted octanol–water partition coefficient (Wildman–Crippen LogP) is 2.76. The first-order valence-electron chi connectivity index (χ1n) is 7.86. The molecule has 0 bridgehead atoms. The van der Waals surface area contributed by atoms with Crippen LogP contribution in [0.25, 0.3) is 0 Å². The van der Waals surface area contributed by atoms with Gasteiger partial charge in [0.15, 0.2) is 6.61 Å². The van der Waals surface area contributed by atoms with Gasteiger partial charge in [-0.05, 0) is 29.8 Å². The lowest BCUT2D eigenvalue weighted by atomic mass is 10.0. The molecule has 0 heterocycles. The molecule has 2 aromatic rings. The number of nitrogens with one attached hydrogen (secondary N) is 2. The van der Waals surface area contributed by atoms with Crippen molar-refractivity contribution in [1.82, 2.24) is 5.32 Å². The molecular weight excluding hydrogens is 377 g/mol. The summed E-state index contributed by atoms with van der Waals surface area (Å²) in [6.07, 6.45) is -0.278. The first-order chi connectivity index (χ1) is 12.8. The van der Waals surface area contributed by atoms with Gasteiger partial charge in [-0.2, -0.15) is 0 Å². The second-order valence-electron chi connectivity index (χ2n) is 5.51. The maximum Gasteiger partial charge on any atom is 0.312 e. The van der Waals surface area contributed by atoms with E-state index in [0.717, 1.165) is 6.07 Å². The van der Waals surface area contributed by atoms with Crippen LogP contribution in [-0.2, 0) is 14.3 Å². The molecule has 0 saturated carbocycles. The van der Waals surface area contributed by atoms with Gasteiger partial charge in [0.2, 0.25) is 0 Å². The summed E-state index contributed by atoms with van der Waals surface area (Å²) in [5, 5.41) is 5.15. The maximum atomic E-state index is 13.1. The number of carbonyl (C=O) groups excluding carboxylic acids is 3. The van der Waals surface area contributed by atoms with Gasteiger partial charge < -0.3 is 21.1 Å². The minimum Gasteiger partial charge on any atom is -0.455 e. The molecule has 2 rings (SSSR count). The fraction of sp³-hybridized carbons (Fsp3) is 0.167. The molecule has 9 heteroatoms. The number of halogens is 2. The van der Waals surface area contributed by atoms with Crippen molar-refractivity contribution in [2.24, 2.45) is 5.73 Å². The Bertz CT molecular complexity index is 847. The van der Waals surface area contributed by atoms with Crippen LogP contribution < -0.4 is 16.4 Å². The van der Waals surface area contributed by atoms with Gasteiger partial charge in [-0.1, -0.05) is 35.9 Å². The van der Waals surface area contributed by atoms with Crippen LogP contribution in [0.3, 0.4) is 0 Å². The number of hydrogen-bond acceptors (Lipinski definition) is 4. The highest BCUT2D eigenvalue weighted by atomic mass is 35.5. The van der Waals surface area contributed by atoms with E-state index in [1.807, 2.05) is 0 Å². The van der Waals surface area contributed by atoms with E-state index in [-0.39, 0.29) is 12.1 Å². The Kier molecular flexibility index (Phi) is 7.13. The number of nitrogens with two attached hydrogens (primary N) is 1. The summed E-state index contributed by atoms with van der Waals surface area (Å²) in [4.78, 5) is 35.0. The standard InChI is InChI=1S/C18H17ClFN3O4/c19-14-7-2-1-6-13(14)15(23-18(21)26)9-17(25)27-10-16(24)22-12-5-3-4-11(20)8-12/h1-8,15H,9-10H2,(H,22,24)(H3,21,23,26)/t15-/m1/s1. The minimum absolute atomic E-state index is 0.236. The summed E-state index contributed by atoms with van der Waals surface area (Å²) < 4.78 is 18.0. The van der Waals surface area contributed by atoms with Gasteiger partial charge in [-0.3, -0.25) is 9.59 Å². The van der Waals surface area contributed by atoms with Gasteiger partial charge in [0, 0.05) is 10.7 Å². The Morgan fingerprint density at radius 2 is 1.89 bits per heavy atom. The maximum absolute atomic E-state index is 13.1. The quantitative estimate of drug-likeness (QED) is 0.628. The topological polar surface area (TPSA) is 111 Å². The summed E-state index contributed by atoms with van der Waals surface area (Å²) in [5.74, 6) is -1.89. The zero-order chi connectivity index (χ0) is 19.8. The monoisotopic (exact) mass is 393 g/mol. The summed E-state index contributed by atoms with van der Waals surface area (Å²) in [5.41, 5.74) is 5.86. The van der Waals surface area contributed by atoms with Crippen LogP contribution in [0, 0.1) is 5.82 Å². The molecule has 0 spiro atoms. The van der Waals surface area contributed by atoms with Crippen molar-refractivity contribution in [1.29, 1.82) is 0 Å². The Labute approximate surface area is 159 Å². The summed E-state index contributed by atoms with van der Waals surface area (Å²) in [6.45, 7) is -0.568. The summed E-state index contributed by atoms with van der Waals surface area (Å²) >= 11 is 6.08. The first kappa shape index (κ1) is 20.2. The van der Waals surface area contributed by atoms with Gasteiger partial charge in [-0.25, -0.2) is 9.18 Å². The molecule has 3 amide bonds. The van der Waals surface area contributed by atoms with Gasteiger partial charge in [0.1, 0.15) is 5.82 Å². The highest BCUT2D eigenvalue weighted by molar-refractivity contribution is 6.31. The van der Waals surface area contributed by atoms with E-state index in [1.165, 1.54) is 18.2 Å². The smallest absolute Gasteiger partial charge is 0.312 e. The van der Waals surface area contributed by atoms with E-state index in [1.54, 1.807) is 24.3 Å². The number of carbonyl (C=O) groups is 3. The fourth-order valence-electron chi connectivity index (χ4n) is 2.30. The number of primary amides is 1. The third-order valence-corrected chi connectivity index (χ3v) is 3.78. The van der Waals surface area contributed by atoms with Crippen LogP contribution >= 0.6 is 11.6 Å². The molecule has 0 saturated heterocycles. The average molecular weight is 394 g/mol. The van der Waals surface area contributed by atoms with Crippen LogP contribution in [0.5, 0.6) is 0 Å². The van der Waals surface area contributed by atoms with Crippen LogP contribution in [0.2, 0.25) is 5.02 Å². The molecule has 27 heavy (non-hydrogen) atoms.